The molecule has 1 aromatic carbocycles. The molecule has 1 aromatic heterocycles. The monoisotopic (exact) mass is 368 g/mol. The van der Waals surface area contributed by atoms with Crippen LogP contribution in [0.4, 0.5) is 0 Å². The fraction of sp³-hybridized carbons (Fsp3) is 0.500. The molecule has 2 heterocycles. The van der Waals surface area contributed by atoms with Crippen molar-refractivity contribution >= 4 is 5.91 Å². The minimum atomic E-state index is -0.235. The fourth-order valence-corrected chi connectivity index (χ4v) is 4.15. The molecule has 0 bridgehead atoms. The molecule has 2 N–H and O–H groups in total. The van der Waals surface area contributed by atoms with Crippen molar-refractivity contribution in [3.8, 4) is 0 Å². The Balaban J connectivity index is 1.39. The van der Waals surface area contributed by atoms with E-state index in [0.717, 1.165) is 44.7 Å². The highest BCUT2D eigenvalue weighted by Gasteiger charge is 2.35. The number of nitrogens with zero attached hydrogens (tertiary/aromatic N) is 1. The van der Waals surface area contributed by atoms with Crippen LogP contribution in [0.2, 0.25) is 0 Å². The van der Waals surface area contributed by atoms with Gasteiger partial charge in [-0.2, -0.15) is 0 Å². The van der Waals surface area contributed by atoms with Crippen molar-refractivity contribution in [2.45, 2.75) is 50.8 Å². The Morgan fingerprint density at radius 1 is 1.15 bits per heavy atom. The molecule has 2 aliphatic rings. The zero-order chi connectivity index (χ0) is 18.6. The van der Waals surface area contributed by atoms with E-state index < -0.39 is 0 Å². The van der Waals surface area contributed by atoms with E-state index in [9.17, 15) is 9.90 Å². The normalized spacial score (nSPS) is 23.7. The Labute approximate surface area is 160 Å². The van der Waals surface area contributed by atoms with Gasteiger partial charge in [-0.3, -0.25) is 9.69 Å². The van der Waals surface area contributed by atoms with Crippen LogP contribution in [-0.4, -0.2) is 41.1 Å². The Morgan fingerprint density at radius 3 is 2.59 bits per heavy atom. The topological polar surface area (TPSA) is 65.7 Å². The minimum absolute atomic E-state index is 0.00966. The van der Waals surface area contributed by atoms with Crippen LogP contribution in [0, 0.1) is 5.92 Å². The third-order valence-corrected chi connectivity index (χ3v) is 5.80. The summed E-state index contributed by atoms with van der Waals surface area (Å²) in [5.74, 6) is 1.37. The molecule has 5 heteroatoms. The molecule has 1 aliphatic carbocycles. The number of aliphatic hydroxyl groups excluding tert-OH is 1. The molecule has 0 radical (unpaired) electrons. The van der Waals surface area contributed by atoms with Crippen LogP contribution in [0.15, 0.2) is 46.9 Å². The fourth-order valence-electron chi connectivity index (χ4n) is 4.15. The van der Waals surface area contributed by atoms with Crippen LogP contribution < -0.4 is 5.32 Å². The lowest BCUT2D eigenvalue weighted by molar-refractivity contribution is 0.0236. The number of hydrogen-bond donors (Lipinski definition) is 2. The highest BCUT2D eigenvalue weighted by Crippen LogP contribution is 2.32. The highest BCUT2D eigenvalue weighted by molar-refractivity contribution is 5.91. The van der Waals surface area contributed by atoms with E-state index in [1.807, 2.05) is 24.3 Å². The lowest BCUT2D eigenvalue weighted by Crippen LogP contribution is -2.48. The summed E-state index contributed by atoms with van der Waals surface area (Å²) in [5.41, 5.74) is 1.19. The number of amides is 1. The van der Waals surface area contributed by atoms with Gasteiger partial charge in [-0.15, -0.1) is 0 Å². The van der Waals surface area contributed by atoms with E-state index in [1.54, 1.807) is 6.07 Å². The highest BCUT2D eigenvalue weighted by atomic mass is 16.4. The van der Waals surface area contributed by atoms with Gasteiger partial charge in [0.2, 0.25) is 0 Å². The molecule has 1 unspecified atom stereocenters. The minimum Gasteiger partial charge on any atom is -0.455 e. The molecule has 5 nitrogen and oxygen atoms in total. The summed E-state index contributed by atoms with van der Waals surface area (Å²) < 4.78 is 5.81. The predicted molar refractivity (Wildman–Crippen MR) is 103 cm³/mol. The summed E-state index contributed by atoms with van der Waals surface area (Å²) in [6.07, 6.45) is 4.50. The summed E-state index contributed by atoms with van der Waals surface area (Å²) in [5, 5.41) is 12.8. The van der Waals surface area contributed by atoms with Crippen molar-refractivity contribution in [1.29, 1.82) is 0 Å². The molecular formula is C22H28N2O3. The van der Waals surface area contributed by atoms with E-state index in [2.05, 4.69) is 22.3 Å². The predicted octanol–water partition coefficient (Wildman–Crippen LogP) is 2.99. The van der Waals surface area contributed by atoms with Gasteiger partial charge in [-0.25, -0.2) is 0 Å². The van der Waals surface area contributed by atoms with Gasteiger partial charge in [-0.1, -0.05) is 30.3 Å². The van der Waals surface area contributed by atoms with Crippen LogP contribution in [0.5, 0.6) is 0 Å². The number of rotatable bonds is 7. The van der Waals surface area contributed by atoms with Crippen molar-refractivity contribution < 1.29 is 14.3 Å². The Bertz CT molecular complexity index is 746. The first-order chi connectivity index (χ1) is 13.2. The lowest BCUT2D eigenvalue weighted by Gasteiger charge is -2.38. The van der Waals surface area contributed by atoms with Gasteiger partial charge >= 0.3 is 0 Å². The van der Waals surface area contributed by atoms with Gasteiger partial charge in [-0.05, 0) is 68.8 Å². The number of carbonyl (C=O) groups excluding carboxylic acids is 1. The van der Waals surface area contributed by atoms with Gasteiger partial charge in [0, 0.05) is 6.04 Å². The van der Waals surface area contributed by atoms with E-state index in [-0.39, 0.29) is 18.1 Å². The average molecular weight is 368 g/mol. The molecule has 2 aromatic rings. The van der Waals surface area contributed by atoms with E-state index >= 15 is 0 Å². The maximum atomic E-state index is 12.7. The lowest BCUT2D eigenvalue weighted by atomic mass is 9.75. The molecular weight excluding hydrogens is 340 g/mol. The molecule has 27 heavy (non-hydrogen) atoms. The third kappa shape index (κ3) is 4.60. The molecule has 1 saturated heterocycles. The zero-order valence-corrected chi connectivity index (χ0v) is 15.6. The quantitative estimate of drug-likeness (QED) is 0.789. The number of hydrogen-bond acceptors (Lipinski definition) is 4. The van der Waals surface area contributed by atoms with E-state index in [0.29, 0.717) is 11.7 Å². The number of aliphatic hydroxyl groups is 1. The number of furan rings is 1. The molecule has 2 fully saturated rings. The first-order valence-corrected chi connectivity index (χ1v) is 10.0. The van der Waals surface area contributed by atoms with E-state index in [1.165, 1.54) is 18.4 Å². The Kier molecular flexibility index (Phi) is 5.60. The van der Waals surface area contributed by atoms with Gasteiger partial charge in [0.15, 0.2) is 5.76 Å². The number of benzene rings is 1. The second-order valence-corrected chi connectivity index (χ2v) is 7.90. The second kappa shape index (κ2) is 8.28. The maximum absolute atomic E-state index is 12.7. The molecule has 1 amide bonds. The van der Waals surface area contributed by atoms with Gasteiger partial charge in [0.05, 0.1) is 12.6 Å². The van der Waals surface area contributed by atoms with Crippen molar-refractivity contribution in [3.63, 3.8) is 0 Å². The average Bonchev–Trinajstić information content (AvgIpc) is 3.32. The smallest absolute Gasteiger partial charge is 0.287 e. The van der Waals surface area contributed by atoms with Gasteiger partial charge in [0.25, 0.3) is 5.91 Å². The van der Waals surface area contributed by atoms with Crippen molar-refractivity contribution in [2.24, 2.45) is 5.92 Å². The maximum Gasteiger partial charge on any atom is 0.287 e. The first kappa shape index (κ1) is 18.3. The van der Waals surface area contributed by atoms with Gasteiger partial charge < -0.3 is 14.8 Å². The second-order valence-electron chi connectivity index (χ2n) is 7.90. The summed E-state index contributed by atoms with van der Waals surface area (Å²) in [6, 6.07) is 13.9. The van der Waals surface area contributed by atoms with Crippen LogP contribution in [0.3, 0.4) is 0 Å². The molecule has 0 spiro atoms. The first-order valence-electron chi connectivity index (χ1n) is 10.0. The van der Waals surface area contributed by atoms with E-state index in [4.69, 9.17) is 4.42 Å². The number of likely N-dealkylation sites (tertiary alicyclic amines) is 1. The standard InChI is InChI=1S/C22H28N2O3/c25-18-13-17(14-18)20(12-16-6-2-1-3-7-16)23-22(26)21-9-8-19(27-21)15-24-10-4-5-11-24/h1-3,6-9,17-18,20,25H,4-5,10-15H2,(H,23,26). The molecule has 144 valence electrons. The van der Waals surface area contributed by atoms with Crippen LogP contribution in [-0.2, 0) is 13.0 Å². The van der Waals surface area contributed by atoms with Crippen LogP contribution >= 0.6 is 0 Å². The Hall–Kier alpha value is -2.11. The molecule has 1 saturated carbocycles. The number of carbonyl (C=O) groups is 1. The van der Waals surface area contributed by atoms with Gasteiger partial charge in [0.1, 0.15) is 5.76 Å². The summed E-state index contributed by atoms with van der Waals surface area (Å²) in [7, 11) is 0. The summed E-state index contributed by atoms with van der Waals surface area (Å²) >= 11 is 0. The summed E-state index contributed by atoms with van der Waals surface area (Å²) in [4.78, 5) is 15.1. The molecule has 1 aliphatic heterocycles. The third-order valence-electron chi connectivity index (χ3n) is 5.80. The van der Waals surface area contributed by atoms with Crippen molar-refractivity contribution in [1.82, 2.24) is 10.2 Å². The molecule has 4 rings (SSSR count). The SMILES string of the molecule is O=C(NC(Cc1ccccc1)C1CC(O)C1)c1ccc(CN2CCCC2)o1. The zero-order valence-electron chi connectivity index (χ0n) is 15.6. The van der Waals surface area contributed by atoms with Crippen molar-refractivity contribution in [2.75, 3.05) is 13.1 Å². The Morgan fingerprint density at radius 2 is 1.89 bits per heavy atom. The largest absolute Gasteiger partial charge is 0.455 e. The molecule has 1 atom stereocenters. The van der Waals surface area contributed by atoms with Crippen molar-refractivity contribution in [3.05, 3.63) is 59.5 Å². The number of nitrogens with one attached hydrogen (secondary N) is 1. The van der Waals surface area contributed by atoms with Crippen LogP contribution in [0.1, 0.15) is 47.6 Å². The summed E-state index contributed by atoms with van der Waals surface area (Å²) in [6.45, 7) is 2.98. The van der Waals surface area contributed by atoms with Crippen LogP contribution in [0.25, 0.3) is 0 Å².